The number of piperidine rings is 3. The van der Waals surface area contributed by atoms with Crippen LogP contribution in [0.25, 0.3) is 0 Å². The third-order valence-electron chi connectivity index (χ3n) is 6.31. The van der Waals surface area contributed by atoms with E-state index in [-0.39, 0.29) is 0 Å². The summed E-state index contributed by atoms with van der Waals surface area (Å²) in [6.07, 6.45) is 8.23. The van der Waals surface area contributed by atoms with Gasteiger partial charge in [0, 0.05) is 31.7 Å². The quantitative estimate of drug-likeness (QED) is 0.854. The maximum Gasteiger partial charge on any atom is 0.142 e. The summed E-state index contributed by atoms with van der Waals surface area (Å²) >= 11 is 0. The Morgan fingerprint density at radius 1 is 1.25 bits per heavy atom. The molecule has 3 saturated heterocycles. The first-order chi connectivity index (χ1) is 11.8. The van der Waals surface area contributed by atoms with E-state index in [1.807, 2.05) is 6.07 Å². The molecule has 0 unspecified atom stereocenters. The molecule has 3 fully saturated rings. The molecule has 24 heavy (non-hydrogen) atoms. The highest BCUT2D eigenvalue weighted by Crippen LogP contribution is 2.41. The van der Waals surface area contributed by atoms with Crippen molar-refractivity contribution in [2.24, 2.45) is 11.8 Å². The van der Waals surface area contributed by atoms with Crippen LogP contribution in [0.15, 0.2) is 18.2 Å². The van der Waals surface area contributed by atoms with Gasteiger partial charge in [-0.2, -0.15) is 5.26 Å². The molecule has 4 heteroatoms. The van der Waals surface area contributed by atoms with Gasteiger partial charge in [-0.25, -0.2) is 4.98 Å². The maximum atomic E-state index is 9.12. The lowest BCUT2D eigenvalue weighted by atomic mass is 9.74. The molecule has 1 aromatic rings. The molecule has 3 aliphatic rings. The molecule has 0 saturated carbocycles. The summed E-state index contributed by atoms with van der Waals surface area (Å²) in [6.45, 7) is 5.79. The summed E-state index contributed by atoms with van der Waals surface area (Å²) in [5.74, 6) is 2.52. The van der Waals surface area contributed by atoms with E-state index in [0.29, 0.717) is 5.69 Å². The Labute approximate surface area is 145 Å². The van der Waals surface area contributed by atoms with E-state index in [1.165, 1.54) is 45.1 Å². The second-order valence-electron chi connectivity index (χ2n) is 7.90. The molecule has 0 aromatic carbocycles. The first-order valence-electron chi connectivity index (χ1n) is 9.66. The van der Waals surface area contributed by atoms with Crippen molar-refractivity contribution in [1.29, 1.82) is 5.26 Å². The Bertz CT molecular complexity index is 620. The van der Waals surface area contributed by atoms with Crippen molar-refractivity contribution in [2.75, 3.05) is 24.5 Å². The number of nitriles is 1. The van der Waals surface area contributed by atoms with Gasteiger partial charge in [0.05, 0.1) is 0 Å². The Morgan fingerprint density at radius 3 is 3.00 bits per heavy atom. The molecule has 0 N–H and O–H groups in total. The largest absolute Gasteiger partial charge is 0.356 e. The summed E-state index contributed by atoms with van der Waals surface area (Å²) in [5, 5.41) is 9.12. The van der Waals surface area contributed by atoms with Gasteiger partial charge in [-0.05, 0) is 49.7 Å². The zero-order chi connectivity index (χ0) is 16.5. The van der Waals surface area contributed by atoms with Gasteiger partial charge in [0.2, 0.25) is 0 Å². The number of aromatic nitrogens is 1. The zero-order valence-corrected chi connectivity index (χ0v) is 14.7. The van der Waals surface area contributed by atoms with Crippen molar-refractivity contribution in [1.82, 2.24) is 9.88 Å². The lowest BCUT2D eigenvalue weighted by Gasteiger charge is -2.55. The van der Waals surface area contributed by atoms with Gasteiger partial charge in [-0.1, -0.05) is 25.8 Å². The van der Waals surface area contributed by atoms with Crippen LogP contribution in [0, 0.1) is 23.2 Å². The van der Waals surface area contributed by atoms with E-state index in [1.54, 1.807) is 6.07 Å². The van der Waals surface area contributed by atoms with Crippen LogP contribution >= 0.6 is 0 Å². The summed E-state index contributed by atoms with van der Waals surface area (Å²) in [4.78, 5) is 9.86. The molecule has 0 spiro atoms. The number of hydrogen-bond acceptors (Lipinski definition) is 4. The Kier molecular flexibility index (Phi) is 4.45. The zero-order valence-electron chi connectivity index (χ0n) is 14.7. The van der Waals surface area contributed by atoms with Crippen LogP contribution in [0.5, 0.6) is 0 Å². The van der Waals surface area contributed by atoms with E-state index in [0.717, 1.165) is 42.8 Å². The molecule has 128 valence electrons. The van der Waals surface area contributed by atoms with E-state index in [9.17, 15) is 0 Å². The number of anilines is 1. The van der Waals surface area contributed by atoms with E-state index >= 15 is 0 Å². The minimum atomic E-state index is 0.533. The lowest BCUT2D eigenvalue weighted by Crippen LogP contribution is -2.61. The highest BCUT2D eigenvalue weighted by atomic mass is 15.3. The van der Waals surface area contributed by atoms with E-state index in [4.69, 9.17) is 5.26 Å². The molecular formula is C20H28N4. The van der Waals surface area contributed by atoms with Crippen LogP contribution in [0.3, 0.4) is 0 Å². The number of pyridine rings is 1. The van der Waals surface area contributed by atoms with E-state index in [2.05, 4.69) is 33.8 Å². The SMILES string of the molecule is CCC[C@H]1CCC[C@H]2[C@@H]3C[C@@H](CN(c4cccc(C#N)n4)C3)CN12. The normalized spacial score (nSPS) is 32.9. The van der Waals surface area contributed by atoms with E-state index < -0.39 is 0 Å². The van der Waals surface area contributed by atoms with Crippen LogP contribution in [0.4, 0.5) is 5.82 Å². The van der Waals surface area contributed by atoms with Gasteiger partial charge in [0.1, 0.15) is 17.6 Å². The minimum absolute atomic E-state index is 0.533. The lowest BCUT2D eigenvalue weighted by molar-refractivity contribution is -0.0216. The van der Waals surface area contributed by atoms with Gasteiger partial charge in [0.15, 0.2) is 0 Å². The highest BCUT2D eigenvalue weighted by molar-refractivity contribution is 5.42. The predicted octanol–water partition coefficient (Wildman–Crippen LogP) is 3.43. The molecule has 1 aromatic heterocycles. The smallest absolute Gasteiger partial charge is 0.142 e. The van der Waals surface area contributed by atoms with Crippen molar-refractivity contribution in [3.05, 3.63) is 23.9 Å². The van der Waals surface area contributed by atoms with Gasteiger partial charge < -0.3 is 4.90 Å². The average Bonchev–Trinajstić information content (AvgIpc) is 2.62. The summed E-state index contributed by atoms with van der Waals surface area (Å²) in [5.41, 5.74) is 0.533. The van der Waals surface area contributed by atoms with Crippen LogP contribution < -0.4 is 4.90 Å². The second-order valence-corrected chi connectivity index (χ2v) is 7.90. The first kappa shape index (κ1) is 15.9. The predicted molar refractivity (Wildman–Crippen MR) is 95.8 cm³/mol. The van der Waals surface area contributed by atoms with Gasteiger partial charge in [-0.3, -0.25) is 4.90 Å². The fourth-order valence-corrected chi connectivity index (χ4v) is 5.40. The number of rotatable bonds is 3. The van der Waals surface area contributed by atoms with Crippen LogP contribution in [0.2, 0.25) is 0 Å². The summed E-state index contributed by atoms with van der Waals surface area (Å²) in [6, 6.07) is 9.61. The molecule has 0 aliphatic carbocycles. The monoisotopic (exact) mass is 324 g/mol. The number of nitrogens with zero attached hydrogens (tertiary/aromatic N) is 4. The highest BCUT2D eigenvalue weighted by Gasteiger charge is 2.44. The molecule has 4 rings (SSSR count). The molecule has 2 bridgehead atoms. The molecule has 4 atom stereocenters. The maximum absolute atomic E-state index is 9.12. The minimum Gasteiger partial charge on any atom is -0.356 e. The van der Waals surface area contributed by atoms with Crippen molar-refractivity contribution >= 4 is 5.82 Å². The van der Waals surface area contributed by atoms with Crippen molar-refractivity contribution in [3.8, 4) is 6.07 Å². The Hall–Kier alpha value is -1.60. The van der Waals surface area contributed by atoms with Crippen molar-refractivity contribution in [3.63, 3.8) is 0 Å². The molecule has 3 aliphatic heterocycles. The van der Waals surface area contributed by atoms with Gasteiger partial charge in [0.25, 0.3) is 0 Å². The summed E-state index contributed by atoms with van der Waals surface area (Å²) in [7, 11) is 0. The molecular weight excluding hydrogens is 296 g/mol. The van der Waals surface area contributed by atoms with Gasteiger partial charge >= 0.3 is 0 Å². The first-order valence-corrected chi connectivity index (χ1v) is 9.66. The second kappa shape index (κ2) is 6.72. The molecule has 4 heterocycles. The fourth-order valence-electron chi connectivity index (χ4n) is 5.40. The third-order valence-corrected chi connectivity index (χ3v) is 6.31. The summed E-state index contributed by atoms with van der Waals surface area (Å²) < 4.78 is 0. The topological polar surface area (TPSA) is 43.2 Å². The standard InChI is InChI=1S/C20H28N4/c1-2-5-18-7-4-8-19-16-10-15(13-24(18)19)12-23(14-16)20-9-3-6-17(11-21)22-20/h3,6,9,15-16,18-19H,2,4-5,7-8,10,12-14H2,1H3/t15-,16+,18-,19-/m0/s1. The molecule has 4 nitrogen and oxygen atoms in total. The number of hydrogen-bond donors (Lipinski definition) is 0. The van der Waals surface area contributed by atoms with Gasteiger partial charge in [-0.15, -0.1) is 0 Å². The molecule has 0 amide bonds. The van der Waals surface area contributed by atoms with Crippen molar-refractivity contribution in [2.45, 2.75) is 57.5 Å². The van der Waals surface area contributed by atoms with Crippen LogP contribution in [-0.4, -0.2) is 41.6 Å². The third kappa shape index (κ3) is 2.91. The average molecular weight is 324 g/mol. The van der Waals surface area contributed by atoms with Crippen LogP contribution in [0.1, 0.15) is 51.1 Å². The number of fused-ring (bicyclic) bond motifs is 4. The van der Waals surface area contributed by atoms with Crippen molar-refractivity contribution < 1.29 is 0 Å². The molecule has 0 radical (unpaired) electrons. The fraction of sp³-hybridized carbons (Fsp3) is 0.700. The van der Waals surface area contributed by atoms with Crippen LogP contribution in [-0.2, 0) is 0 Å². The Balaban J connectivity index is 1.53. The Morgan fingerprint density at radius 2 is 2.17 bits per heavy atom.